The van der Waals surface area contributed by atoms with Crippen molar-refractivity contribution in [3.05, 3.63) is 76.7 Å². The fraction of sp³-hybridized carbons (Fsp3) is 0.346. The Morgan fingerprint density at radius 1 is 1.13 bits per heavy atom. The largest absolute Gasteiger partial charge is 0.416 e. The number of hydrogen-bond donors (Lipinski definition) is 3. The van der Waals surface area contributed by atoms with Crippen LogP contribution in [0, 0.1) is 5.82 Å². The Balaban J connectivity index is 1.76. The number of Topliss-reactive ketones (excluding diaryl/α,β-unsaturated/α-hetero) is 1. The minimum Gasteiger partial charge on any atom is -0.371 e. The molecule has 1 unspecified atom stereocenters. The van der Waals surface area contributed by atoms with Crippen molar-refractivity contribution in [3.8, 4) is 0 Å². The normalized spacial score (nSPS) is 15.8. The molecule has 1 fully saturated rings. The van der Waals surface area contributed by atoms with E-state index >= 15 is 0 Å². The summed E-state index contributed by atoms with van der Waals surface area (Å²) < 4.78 is 57.5. The molecule has 8 nitrogen and oxygen atoms in total. The highest BCUT2D eigenvalue weighted by atomic mass is 19.4. The van der Waals surface area contributed by atoms with Crippen LogP contribution in [-0.4, -0.2) is 54.0 Å². The molecule has 0 aliphatic carbocycles. The number of alkyl halides is 3. The molecule has 4 N–H and O–H groups in total. The van der Waals surface area contributed by atoms with Gasteiger partial charge < -0.3 is 21.3 Å². The van der Waals surface area contributed by atoms with Crippen LogP contribution in [0.2, 0.25) is 0 Å². The molecule has 202 valence electrons. The van der Waals surface area contributed by atoms with Gasteiger partial charge in [-0.2, -0.15) is 18.2 Å². The minimum absolute atomic E-state index is 0.0775. The number of ketones is 1. The quantitative estimate of drug-likeness (QED) is 0.302. The summed E-state index contributed by atoms with van der Waals surface area (Å²) in [7, 11) is 1.51. The fourth-order valence-corrected chi connectivity index (χ4v) is 4.54. The number of nitrogens with two attached hydrogens (primary N) is 1. The van der Waals surface area contributed by atoms with E-state index in [4.69, 9.17) is 5.73 Å². The van der Waals surface area contributed by atoms with Crippen LogP contribution in [0.4, 0.5) is 29.3 Å². The van der Waals surface area contributed by atoms with E-state index in [1.807, 2.05) is 0 Å². The SMILES string of the molecule is CNc1nc(N2CCCC(N)C2)n(Cc2c(F)cccc2C(F)(F)F)c1C(=O)NCC(=O)c1ccccc1. The monoisotopic (exact) mass is 532 g/mol. The second-order valence-electron chi connectivity index (χ2n) is 9.03. The lowest BCUT2D eigenvalue weighted by atomic mass is 10.1. The number of halogens is 4. The van der Waals surface area contributed by atoms with Crippen LogP contribution in [0.5, 0.6) is 0 Å². The molecule has 0 spiro atoms. The standard InChI is InChI=1S/C26H28F4N6O2/c1-32-23-22(24(38)33-13-21(37)16-7-3-2-4-8-16)36(25(34-23)35-12-6-9-17(31)14-35)15-18-19(26(28,29)30)10-5-11-20(18)27/h2-5,7-8,10-11,17,32H,6,9,12-15,31H2,1H3,(H,33,38). The molecule has 1 aromatic heterocycles. The summed E-state index contributed by atoms with van der Waals surface area (Å²) in [5, 5.41) is 5.33. The predicted molar refractivity (Wildman–Crippen MR) is 135 cm³/mol. The summed E-state index contributed by atoms with van der Waals surface area (Å²) in [5.41, 5.74) is 4.61. The van der Waals surface area contributed by atoms with Crippen LogP contribution in [0.3, 0.4) is 0 Å². The van der Waals surface area contributed by atoms with Crippen LogP contribution in [0.1, 0.15) is 44.8 Å². The summed E-state index contributed by atoms with van der Waals surface area (Å²) in [5.74, 6) is -1.91. The van der Waals surface area contributed by atoms with Gasteiger partial charge in [0, 0.05) is 37.3 Å². The van der Waals surface area contributed by atoms with Gasteiger partial charge >= 0.3 is 6.18 Å². The van der Waals surface area contributed by atoms with Gasteiger partial charge in [-0.25, -0.2) is 4.39 Å². The lowest BCUT2D eigenvalue weighted by Crippen LogP contribution is -2.44. The highest BCUT2D eigenvalue weighted by molar-refractivity contribution is 6.03. The van der Waals surface area contributed by atoms with E-state index in [-0.39, 0.29) is 35.8 Å². The number of imidazole rings is 1. The maximum atomic E-state index is 14.8. The maximum Gasteiger partial charge on any atom is 0.416 e. The third kappa shape index (κ3) is 5.80. The number of carbonyl (C=O) groups is 2. The first-order valence-electron chi connectivity index (χ1n) is 12.1. The summed E-state index contributed by atoms with van der Waals surface area (Å²) in [4.78, 5) is 32.2. The Labute approximate surface area is 216 Å². The van der Waals surface area contributed by atoms with Gasteiger partial charge in [0.15, 0.2) is 17.3 Å². The summed E-state index contributed by atoms with van der Waals surface area (Å²) in [6.45, 7) is -0.108. The van der Waals surface area contributed by atoms with Crippen molar-refractivity contribution in [2.75, 3.05) is 36.9 Å². The molecule has 0 radical (unpaired) electrons. The molecular weight excluding hydrogens is 504 g/mol. The average Bonchev–Trinajstić information content (AvgIpc) is 3.26. The number of rotatable bonds is 8. The molecule has 1 atom stereocenters. The van der Waals surface area contributed by atoms with Crippen molar-refractivity contribution in [1.29, 1.82) is 0 Å². The van der Waals surface area contributed by atoms with Gasteiger partial charge in [0.1, 0.15) is 5.82 Å². The average molecular weight is 533 g/mol. The fourth-order valence-electron chi connectivity index (χ4n) is 4.54. The van der Waals surface area contributed by atoms with Gasteiger partial charge in [-0.1, -0.05) is 36.4 Å². The maximum absolute atomic E-state index is 14.8. The van der Waals surface area contributed by atoms with Gasteiger partial charge in [-0.3, -0.25) is 14.2 Å². The number of amides is 1. The molecular formula is C26H28F4N6O2. The van der Waals surface area contributed by atoms with E-state index in [1.54, 1.807) is 35.2 Å². The molecule has 1 amide bonds. The van der Waals surface area contributed by atoms with Crippen LogP contribution in [0.25, 0.3) is 0 Å². The number of carbonyl (C=O) groups excluding carboxylic acids is 2. The van der Waals surface area contributed by atoms with Crippen molar-refractivity contribution in [1.82, 2.24) is 14.9 Å². The molecule has 2 aromatic carbocycles. The molecule has 1 saturated heterocycles. The van der Waals surface area contributed by atoms with E-state index in [0.29, 0.717) is 25.1 Å². The number of anilines is 2. The topological polar surface area (TPSA) is 105 Å². The molecule has 1 aliphatic heterocycles. The molecule has 0 saturated carbocycles. The number of nitrogens with zero attached hydrogens (tertiary/aromatic N) is 3. The second-order valence-corrected chi connectivity index (χ2v) is 9.03. The van der Waals surface area contributed by atoms with E-state index in [1.165, 1.54) is 11.6 Å². The van der Waals surface area contributed by atoms with Crippen molar-refractivity contribution in [2.24, 2.45) is 5.73 Å². The Morgan fingerprint density at radius 2 is 1.87 bits per heavy atom. The van der Waals surface area contributed by atoms with Gasteiger partial charge in [0.25, 0.3) is 5.91 Å². The molecule has 3 aromatic rings. The van der Waals surface area contributed by atoms with Crippen molar-refractivity contribution >= 4 is 23.5 Å². The highest BCUT2D eigenvalue weighted by Gasteiger charge is 2.36. The van der Waals surface area contributed by atoms with Crippen LogP contribution < -0.4 is 21.3 Å². The number of aromatic nitrogens is 2. The molecule has 12 heteroatoms. The zero-order valence-corrected chi connectivity index (χ0v) is 20.7. The Bertz CT molecular complexity index is 1310. The minimum atomic E-state index is -4.82. The molecule has 2 heterocycles. The van der Waals surface area contributed by atoms with E-state index in [2.05, 4.69) is 15.6 Å². The van der Waals surface area contributed by atoms with E-state index < -0.39 is 35.6 Å². The number of hydrogen-bond acceptors (Lipinski definition) is 6. The van der Waals surface area contributed by atoms with Crippen LogP contribution in [-0.2, 0) is 12.7 Å². The summed E-state index contributed by atoms with van der Waals surface area (Å²) in [6.07, 6.45) is -3.35. The Kier molecular flexibility index (Phi) is 8.00. The van der Waals surface area contributed by atoms with Crippen molar-refractivity contribution < 1.29 is 27.2 Å². The summed E-state index contributed by atoms with van der Waals surface area (Å²) in [6, 6.07) is 10.8. The van der Waals surface area contributed by atoms with E-state index in [0.717, 1.165) is 24.6 Å². The van der Waals surface area contributed by atoms with E-state index in [9.17, 15) is 27.2 Å². The lowest BCUT2D eigenvalue weighted by Gasteiger charge is -2.32. The lowest BCUT2D eigenvalue weighted by molar-refractivity contribution is -0.138. The van der Waals surface area contributed by atoms with Gasteiger partial charge in [0.2, 0.25) is 5.95 Å². The smallest absolute Gasteiger partial charge is 0.371 e. The van der Waals surface area contributed by atoms with Crippen molar-refractivity contribution in [2.45, 2.75) is 31.6 Å². The molecule has 38 heavy (non-hydrogen) atoms. The Morgan fingerprint density at radius 3 is 2.53 bits per heavy atom. The van der Waals surface area contributed by atoms with Gasteiger partial charge in [-0.05, 0) is 25.0 Å². The first-order chi connectivity index (χ1) is 18.1. The van der Waals surface area contributed by atoms with Crippen LogP contribution in [0.15, 0.2) is 48.5 Å². The first-order valence-corrected chi connectivity index (χ1v) is 12.1. The first kappa shape index (κ1) is 27.1. The zero-order valence-electron chi connectivity index (χ0n) is 20.7. The molecule has 1 aliphatic rings. The highest BCUT2D eigenvalue weighted by Crippen LogP contribution is 2.35. The van der Waals surface area contributed by atoms with Crippen molar-refractivity contribution in [3.63, 3.8) is 0 Å². The zero-order chi connectivity index (χ0) is 27.4. The van der Waals surface area contributed by atoms with Crippen LogP contribution >= 0.6 is 0 Å². The number of piperidine rings is 1. The Hall–Kier alpha value is -3.93. The third-order valence-corrected chi connectivity index (χ3v) is 6.39. The predicted octanol–water partition coefficient (Wildman–Crippen LogP) is 3.67. The third-order valence-electron chi connectivity index (χ3n) is 6.39. The second kappa shape index (κ2) is 11.2. The number of benzene rings is 2. The molecule has 0 bridgehead atoms. The van der Waals surface area contributed by atoms with Gasteiger partial charge in [0.05, 0.1) is 18.7 Å². The van der Waals surface area contributed by atoms with Gasteiger partial charge in [-0.15, -0.1) is 0 Å². The molecule has 4 rings (SSSR count). The number of nitrogens with one attached hydrogen (secondary N) is 2. The summed E-state index contributed by atoms with van der Waals surface area (Å²) >= 11 is 0.